The lowest BCUT2D eigenvalue weighted by Crippen LogP contribution is -2.33. The van der Waals surface area contributed by atoms with Crippen molar-refractivity contribution in [2.75, 3.05) is 6.54 Å². The predicted molar refractivity (Wildman–Crippen MR) is 85.7 cm³/mol. The molecule has 5 nitrogen and oxygen atoms in total. The number of carboxylic acids is 1. The molecule has 2 rings (SSSR count). The van der Waals surface area contributed by atoms with E-state index in [4.69, 9.17) is 9.84 Å². The highest BCUT2D eigenvalue weighted by Crippen LogP contribution is 2.10. The number of ether oxygens (including phenoxy) is 1. The van der Waals surface area contributed by atoms with Crippen molar-refractivity contribution in [3.05, 3.63) is 71.5 Å². The van der Waals surface area contributed by atoms with E-state index < -0.39 is 17.9 Å². The highest BCUT2D eigenvalue weighted by Gasteiger charge is 2.17. The second-order valence-corrected chi connectivity index (χ2v) is 5.24. The third-order valence-electron chi connectivity index (χ3n) is 3.32. The van der Waals surface area contributed by atoms with E-state index in [1.165, 1.54) is 23.1 Å². The van der Waals surface area contributed by atoms with Crippen molar-refractivity contribution < 1.29 is 23.8 Å². The summed E-state index contributed by atoms with van der Waals surface area (Å²) >= 11 is 0. The smallest absolute Gasteiger partial charge is 0.410 e. The number of carboxylic acid groups (broad SMARTS) is 1. The molecule has 0 atom stereocenters. The van der Waals surface area contributed by atoms with Gasteiger partial charge in [-0.05, 0) is 23.3 Å². The van der Waals surface area contributed by atoms with Crippen molar-refractivity contribution in [1.29, 1.82) is 0 Å². The lowest BCUT2D eigenvalue weighted by molar-refractivity contribution is -0.137. The summed E-state index contributed by atoms with van der Waals surface area (Å²) in [4.78, 5) is 24.3. The van der Waals surface area contributed by atoms with Gasteiger partial charge in [-0.3, -0.25) is 4.79 Å². The van der Waals surface area contributed by atoms with Crippen LogP contribution in [0, 0.1) is 5.82 Å². The van der Waals surface area contributed by atoms with Crippen molar-refractivity contribution in [3.63, 3.8) is 0 Å². The number of hydrogen-bond donors (Lipinski definition) is 1. The first-order valence-corrected chi connectivity index (χ1v) is 7.46. The molecule has 2 aromatic rings. The van der Waals surface area contributed by atoms with Gasteiger partial charge < -0.3 is 14.7 Å². The zero-order valence-corrected chi connectivity index (χ0v) is 13.0. The first-order chi connectivity index (χ1) is 11.5. The minimum Gasteiger partial charge on any atom is -0.481 e. The number of hydrogen-bond acceptors (Lipinski definition) is 3. The van der Waals surface area contributed by atoms with E-state index in [0.717, 1.165) is 5.56 Å². The molecule has 0 aliphatic heterocycles. The van der Waals surface area contributed by atoms with Gasteiger partial charge in [-0.2, -0.15) is 0 Å². The lowest BCUT2D eigenvalue weighted by atomic mass is 10.2. The molecule has 0 fully saturated rings. The van der Waals surface area contributed by atoms with Crippen molar-refractivity contribution >= 4 is 12.1 Å². The van der Waals surface area contributed by atoms with Gasteiger partial charge in [-0.25, -0.2) is 9.18 Å². The largest absolute Gasteiger partial charge is 0.481 e. The van der Waals surface area contributed by atoms with E-state index in [0.29, 0.717) is 5.56 Å². The fourth-order valence-corrected chi connectivity index (χ4v) is 2.13. The Morgan fingerprint density at radius 1 is 1.04 bits per heavy atom. The van der Waals surface area contributed by atoms with Gasteiger partial charge in [0.25, 0.3) is 0 Å². The Labute approximate surface area is 139 Å². The average Bonchev–Trinajstić information content (AvgIpc) is 2.57. The number of benzene rings is 2. The molecule has 0 saturated heterocycles. The zero-order valence-electron chi connectivity index (χ0n) is 13.0. The minimum atomic E-state index is -1.02. The number of nitrogens with zero attached hydrogens (tertiary/aromatic N) is 1. The molecule has 24 heavy (non-hydrogen) atoms. The summed E-state index contributed by atoms with van der Waals surface area (Å²) in [5.74, 6) is -1.43. The predicted octanol–water partition coefficient (Wildman–Crippen LogP) is 3.44. The number of halogens is 1. The molecule has 6 heteroatoms. The average molecular weight is 331 g/mol. The number of carbonyl (C=O) groups excluding carboxylic acids is 1. The van der Waals surface area contributed by atoms with Gasteiger partial charge in [0.2, 0.25) is 0 Å². The number of aliphatic carboxylic acids is 1. The third-order valence-corrected chi connectivity index (χ3v) is 3.32. The fourth-order valence-electron chi connectivity index (χ4n) is 2.13. The third kappa shape index (κ3) is 5.72. The van der Waals surface area contributed by atoms with Crippen LogP contribution < -0.4 is 0 Å². The highest BCUT2D eigenvalue weighted by atomic mass is 19.1. The van der Waals surface area contributed by atoms with Crippen LogP contribution in [0.4, 0.5) is 9.18 Å². The van der Waals surface area contributed by atoms with Crippen LogP contribution in [0.1, 0.15) is 17.5 Å². The van der Waals surface area contributed by atoms with E-state index in [2.05, 4.69) is 0 Å². The summed E-state index contributed by atoms with van der Waals surface area (Å²) in [6, 6.07) is 15.0. The Balaban J connectivity index is 2.00. The van der Waals surface area contributed by atoms with Crippen LogP contribution >= 0.6 is 0 Å². The van der Waals surface area contributed by atoms with Gasteiger partial charge in [0.15, 0.2) is 0 Å². The molecule has 1 amide bonds. The highest BCUT2D eigenvalue weighted by molar-refractivity contribution is 5.70. The topological polar surface area (TPSA) is 66.8 Å². The Morgan fingerprint density at radius 2 is 1.75 bits per heavy atom. The van der Waals surface area contributed by atoms with Gasteiger partial charge in [-0.1, -0.05) is 42.5 Å². The van der Waals surface area contributed by atoms with Crippen LogP contribution in [-0.2, 0) is 22.7 Å². The van der Waals surface area contributed by atoms with E-state index in [-0.39, 0.29) is 26.1 Å². The molecule has 0 unspecified atom stereocenters. The van der Waals surface area contributed by atoms with E-state index in [1.54, 1.807) is 6.07 Å². The maximum absolute atomic E-state index is 13.3. The van der Waals surface area contributed by atoms with Crippen LogP contribution in [0.25, 0.3) is 0 Å². The molecule has 0 radical (unpaired) electrons. The zero-order chi connectivity index (χ0) is 17.4. The molecule has 0 spiro atoms. The van der Waals surface area contributed by atoms with Crippen LogP contribution in [0.5, 0.6) is 0 Å². The number of carbonyl (C=O) groups is 2. The van der Waals surface area contributed by atoms with Crippen LogP contribution in [0.2, 0.25) is 0 Å². The van der Waals surface area contributed by atoms with Crippen molar-refractivity contribution in [1.82, 2.24) is 4.90 Å². The Hall–Kier alpha value is -2.89. The molecular formula is C18H18FNO4. The van der Waals surface area contributed by atoms with Crippen LogP contribution in [0.15, 0.2) is 54.6 Å². The number of amides is 1. The quantitative estimate of drug-likeness (QED) is 0.844. The molecule has 2 aromatic carbocycles. The molecule has 0 aliphatic rings. The van der Waals surface area contributed by atoms with Gasteiger partial charge in [0.05, 0.1) is 6.42 Å². The molecule has 0 aliphatic carbocycles. The van der Waals surface area contributed by atoms with Gasteiger partial charge in [0, 0.05) is 13.1 Å². The molecular weight excluding hydrogens is 313 g/mol. The Morgan fingerprint density at radius 3 is 2.42 bits per heavy atom. The molecule has 0 bridgehead atoms. The summed E-state index contributed by atoms with van der Waals surface area (Å²) < 4.78 is 18.5. The first-order valence-electron chi connectivity index (χ1n) is 7.46. The van der Waals surface area contributed by atoms with Crippen LogP contribution in [0.3, 0.4) is 0 Å². The van der Waals surface area contributed by atoms with E-state index >= 15 is 0 Å². The maximum Gasteiger partial charge on any atom is 0.410 e. The summed E-state index contributed by atoms with van der Waals surface area (Å²) in [6.07, 6.45) is -0.847. The molecule has 0 heterocycles. The fraction of sp³-hybridized carbons (Fsp3) is 0.222. The van der Waals surface area contributed by atoms with Gasteiger partial charge in [0.1, 0.15) is 12.4 Å². The molecule has 0 saturated carbocycles. The lowest BCUT2D eigenvalue weighted by Gasteiger charge is -2.21. The standard InChI is InChI=1S/C18H18FNO4/c19-16-8-4-7-15(11-16)12-20(10-9-17(21)22)18(23)24-13-14-5-2-1-3-6-14/h1-8,11H,9-10,12-13H2,(H,21,22). The minimum absolute atomic E-state index is 0.0144. The summed E-state index contributed by atoms with van der Waals surface area (Å²) in [6.45, 7) is 0.157. The summed E-state index contributed by atoms with van der Waals surface area (Å²) in [5, 5.41) is 8.82. The Kier molecular flexibility index (Phi) is 6.31. The van der Waals surface area contributed by atoms with E-state index in [9.17, 15) is 14.0 Å². The first kappa shape index (κ1) is 17.5. The van der Waals surface area contributed by atoms with Gasteiger partial charge >= 0.3 is 12.1 Å². The van der Waals surface area contributed by atoms with Crippen LogP contribution in [-0.4, -0.2) is 28.6 Å². The monoisotopic (exact) mass is 331 g/mol. The number of rotatable bonds is 7. The second-order valence-electron chi connectivity index (χ2n) is 5.24. The van der Waals surface area contributed by atoms with Crippen molar-refractivity contribution in [2.24, 2.45) is 0 Å². The maximum atomic E-state index is 13.3. The Bertz CT molecular complexity index is 690. The second kappa shape index (κ2) is 8.67. The van der Waals surface area contributed by atoms with Gasteiger partial charge in [-0.15, -0.1) is 0 Å². The molecule has 1 N–H and O–H groups in total. The molecule has 126 valence electrons. The summed E-state index contributed by atoms with van der Waals surface area (Å²) in [5.41, 5.74) is 1.40. The molecule has 0 aromatic heterocycles. The summed E-state index contributed by atoms with van der Waals surface area (Å²) in [7, 11) is 0. The van der Waals surface area contributed by atoms with Crippen molar-refractivity contribution in [3.8, 4) is 0 Å². The normalized spacial score (nSPS) is 10.2. The SMILES string of the molecule is O=C(O)CCN(Cc1cccc(F)c1)C(=O)OCc1ccccc1. The van der Waals surface area contributed by atoms with Crippen molar-refractivity contribution in [2.45, 2.75) is 19.6 Å². The van der Waals surface area contributed by atoms with E-state index in [1.807, 2.05) is 30.3 Å².